The standard InChI is InChI=1S/C11H19N3O3/c1-8(2)5-12-6-9(15)7-14-11(17)4-3-10(16)13-14/h3-4,8-9,12,15H,5-7H2,1-2H3,(H,13,16). The Balaban J connectivity index is 2.50. The molecule has 1 heterocycles. The van der Waals surface area contributed by atoms with Gasteiger partial charge >= 0.3 is 0 Å². The second kappa shape index (κ2) is 6.36. The summed E-state index contributed by atoms with van der Waals surface area (Å²) >= 11 is 0. The number of hydrogen-bond donors (Lipinski definition) is 3. The van der Waals surface area contributed by atoms with Crippen LogP contribution in [-0.2, 0) is 6.54 Å². The van der Waals surface area contributed by atoms with Gasteiger partial charge in [-0.05, 0) is 12.5 Å². The number of hydrogen-bond acceptors (Lipinski definition) is 4. The van der Waals surface area contributed by atoms with E-state index in [-0.39, 0.29) is 17.7 Å². The van der Waals surface area contributed by atoms with Crippen LogP contribution in [0.4, 0.5) is 0 Å². The molecule has 0 aliphatic rings. The Bertz CT molecular complexity index is 450. The van der Waals surface area contributed by atoms with Crippen molar-refractivity contribution in [3.8, 4) is 0 Å². The van der Waals surface area contributed by atoms with Crippen LogP contribution in [0.2, 0.25) is 0 Å². The van der Waals surface area contributed by atoms with E-state index in [1.807, 2.05) is 0 Å². The molecule has 0 aromatic carbocycles. The van der Waals surface area contributed by atoms with Crippen LogP contribution < -0.4 is 16.4 Å². The van der Waals surface area contributed by atoms with Crippen LogP contribution in [0.25, 0.3) is 0 Å². The summed E-state index contributed by atoms with van der Waals surface area (Å²) in [5.74, 6) is 0.501. The van der Waals surface area contributed by atoms with Crippen LogP contribution in [0.15, 0.2) is 21.7 Å². The maximum atomic E-state index is 11.4. The van der Waals surface area contributed by atoms with Gasteiger partial charge in [-0.3, -0.25) is 14.7 Å². The summed E-state index contributed by atoms with van der Waals surface area (Å²) in [6.45, 7) is 5.41. The van der Waals surface area contributed by atoms with Crippen molar-refractivity contribution in [3.63, 3.8) is 0 Å². The zero-order chi connectivity index (χ0) is 12.8. The summed E-state index contributed by atoms with van der Waals surface area (Å²) in [6.07, 6.45) is -0.704. The third-order valence-electron chi connectivity index (χ3n) is 2.21. The van der Waals surface area contributed by atoms with Gasteiger partial charge in [0.05, 0.1) is 12.6 Å². The van der Waals surface area contributed by atoms with E-state index in [9.17, 15) is 14.7 Å². The number of H-pyrrole nitrogens is 1. The van der Waals surface area contributed by atoms with E-state index in [0.717, 1.165) is 11.2 Å². The molecule has 0 saturated carbocycles. The first kappa shape index (κ1) is 13.7. The average molecular weight is 241 g/mol. The molecule has 1 aromatic heterocycles. The number of aromatic nitrogens is 2. The minimum atomic E-state index is -0.704. The number of aliphatic hydroxyl groups excluding tert-OH is 1. The second-order valence-corrected chi connectivity index (χ2v) is 4.46. The summed E-state index contributed by atoms with van der Waals surface area (Å²) in [6, 6.07) is 2.36. The Morgan fingerprint density at radius 2 is 2.06 bits per heavy atom. The minimum absolute atomic E-state index is 0.0833. The molecular weight excluding hydrogens is 222 g/mol. The van der Waals surface area contributed by atoms with Crippen molar-refractivity contribution in [3.05, 3.63) is 32.8 Å². The predicted octanol–water partition coefficient (Wildman–Crippen LogP) is -0.857. The molecule has 0 radical (unpaired) electrons. The van der Waals surface area contributed by atoms with Crippen molar-refractivity contribution >= 4 is 0 Å². The molecule has 6 nitrogen and oxygen atoms in total. The molecule has 0 amide bonds. The quantitative estimate of drug-likeness (QED) is 0.605. The van der Waals surface area contributed by atoms with Gasteiger partial charge in [0.1, 0.15) is 0 Å². The van der Waals surface area contributed by atoms with Gasteiger partial charge in [-0.25, -0.2) is 4.68 Å². The highest BCUT2D eigenvalue weighted by atomic mass is 16.3. The van der Waals surface area contributed by atoms with E-state index in [0.29, 0.717) is 12.5 Å². The fourth-order valence-corrected chi connectivity index (χ4v) is 1.41. The molecular formula is C11H19N3O3. The molecule has 3 N–H and O–H groups in total. The topological polar surface area (TPSA) is 87.1 Å². The number of rotatable bonds is 6. The van der Waals surface area contributed by atoms with Crippen LogP contribution >= 0.6 is 0 Å². The van der Waals surface area contributed by atoms with Gasteiger partial charge in [0.2, 0.25) is 0 Å². The number of aromatic amines is 1. The average Bonchev–Trinajstić information content (AvgIpc) is 2.23. The molecule has 0 bridgehead atoms. The molecule has 1 atom stereocenters. The van der Waals surface area contributed by atoms with E-state index < -0.39 is 6.10 Å². The summed E-state index contributed by atoms with van der Waals surface area (Å²) < 4.78 is 1.12. The van der Waals surface area contributed by atoms with Crippen molar-refractivity contribution in [2.75, 3.05) is 13.1 Å². The fourth-order valence-electron chi connectivity index (χ4n) is 1.41. The maximum absolute atomic E-state index is 11.4. The SMILES string of the molecule is CC(C)CNCC(O)Cn1[nH]c(=O)ccc1=O. The fraction of sp³-hybridized carbons (Fsp3) is 0.636. The van der Waals surface area contributed by atoms with Crippen molar-refractivity contribution < 1.29 is 5.11 Å². The Morgan fingerprint density at radius 1 is 1.35 bits per heavy atom. The van der Waals surface area contributed by atoms with Crippen molar-refractivity contribution in [2.45, 2.75) is 26.5 Å². The minimum Gasteiger partial charge on any atom is -0.390 e. The highest BCUT2D eigenvalue weighted by molar-refractivity contribution is 4.86. The molecule has 0 aliphatic heterocycles. The van der Waals surface area contributed by atoms with E-state index in [2.05, 4.69) is 24.3 Å². The van der Waals surface area contributed by atoms with Gasteiger partial charge < -0.3 is 10.4 Å². The Kier molecular flexibility index (Phi) is 5.11. The maximum Gasteiger partial charge on any atom is 0.265 e. The first-order valence-corrected chi connectivity index (χ1v) is 5.68. The molecule has 96 valence electrons. The molecule has 1 unspecified atom stereocenters. The lowest BCUT2D eigenvalue weighted by Gasteiger charge is -2.14. The smallest absolute Gasteiger partial charge is 0.265 e. The van der Waals surface area contributed by atoms with Crippen LogP contribution in [0, 0.1) is 5.92 Å². The third-order valence-corrected chi connectivity index (χ3v) is 2.21. The zero-order valence-corrected chi connectivity index (χ0v) is 10.1. The summed E-state index contributed by atoms with van der Waals surface area (Å²) in [5.41, 5.74) is -0.681. The number of nitrogens with one attached hydrogen (secondary N) is 2. The van der Waals surface area contributed by atoms with Crippen molar-refractivity contribution in [2.24, 2.45) is 5.92 Å². The Hall–Kier alpha value is -1.40. The summed E-state index contributed by atoms with van der Waals surface area (Å²) in [7, 11) is 0. The highest BCUT2D eigenvalue weighted by Crippen LogP contribution is 1.89. The van der Waals surface area contributed by atoms with E-state index in [4.69, 9.17) is 0 Å². The zero-order valence-electron chi connectivity index (χ0n) is 10.1. The van der Waals surface area contributed by atoms with E-state index in [1.165, 1.54) is 12.1 Å². The van der Waals surface area contributed by atoms with Crippen molar-refractivity contribution in [1.29, 1.82) is 0 Å². The normalized spacial score (nSPS) is 12.9. The van der Waals surface area contributed by atoms with Crippen LogP contribution in [-0.4, -0.2) is 34.1 Å². The monoisotopic (exact) mass is 241 g/mol. The van der Waals surface area contributed by atoms with E-state index in [1.54, 1.807) is 0 Å². The van der Waals surface area contributed by atoms with Crippen LogP contribution in [0.5, 0.6) is 0 Å². The molecule has 0 aliphatic carbocycles. The van der Waals surface area contributed by atoms with Crippen LogP contribution in [0.3, 0.4) is 0 Å². The molecule has 6 heteroatoms. The van der Waals surface area contributed by atoms with Gasteiger partial charge in [0.25, 0.3) is 11.1 Å². The molecule has 0 fully saturated rings. The summed E-state index contributed by atoms with van der Waals surface area (Å²) in [5, 5.41) is 15.1. The van der Waals surface area contributed by atoms with Crippen LogP contribution in [0.1, 0.15) is 13.8 Å². The second-order valence-electron chi connectivity index (χ2n) is 4.46. The largest absolute Gasteiger partial charge is 0.390 e. The first-order chi connectivity index (χ1) is 7.99. The Labute approximate surface area is 99.3 Å². The van der Waals surface area contributed by atoms with Gasteiger partial charge in [0, 0.05) is 18.7 Å². The lowest BCUT2D eigenvalue weighted by Crippen LogP contribution is -2.37. The molecule has 1 aromatic rings. The van der Waals surface area contributed by atoms with Gasteiger partial charge in [-0.2, -0.15) is 0 Å². The lowest BCUT2D eigenvalue weighted by atomic mass is 10.2. The molecule has 0 saturated heterocycles. The third kappa shape index (κ3) is 4.97. The molecule has 0 spiro atoms. The first-order valence-electron chi connectivity index (χ1n) is 5.68. The van der Waals surface area contributed by atoms with Crippen molar-refractivity contribution in [1.82, 2.24) is 15.1 Å². The van der Waals surface area contributed by atoms with Gasteiger partial charge in [-0.1, -0.05) is 13.8 Å². The molecule has 17 heavy (non-hydrogen) atoms. The van der Waals surface area contributed by atoms with Gasteiger partial charge in [-0.15, -0.1) is 0 Å². The number of aliphatic hydroxyl groups is 1. The lowest BCUT2D eigenvalue weighted by molar-refractivity contribution is 0.143. The summed E-state index contributed by atoms with van der Waals surface area (Å²) in [4.78, 5) is 22.4. The highest BCUT2D eigenvalue weighted by Gasteiger charge is 2.06. The predicted molar refractivity (Wildman–Crippen MR) is 65.0 cm³/mol. The molecule has 1 rings (SSSR count). The van der Waals surface area contributed by atoms with Gasteiger partial charge in [0.15, 0.2) is 0 Å². The number of nitrogens with zero attached hydrogens (tertiary/aromatic N) is 1. The Morgan fingerprint density at radius 3 is 2.71 bits per heavy atom. The van der Waals surface area contributed by atoms with E-state index >= 15 is 0 Å².